The van der Waals surface area contributed by atoms with Gasteiger partial charge in [-0.3, -0.25) is 19.4 Å². The fourth-order valence-corrected chi connectivity index (χ4v) is 9.94. The third-order valence-corrected chi connectivity index (χ3v) is 11.6. The lowest BCUT2D eigenvalue weighted by molar-refractivity contribution is -0.168. The van der Waals surface area contributed by atoms with E-state index in [1.54, 1.807) is 14.2 Å². The molecule has 50 heavy (non-hydrogen) atoms. The maximum absolute atomic E-state index is 13.5. The molecule has 266 valence electrons. The third-order valence-electron chi connectivity index (χ3n) is 10.2. The second-order valence-corrected chi connectivity index (χ2v) is 14.2. The van der Waals surface area contributed by atoms with E-state index in [-0.39, 0.29) is 32.0 Å². The number of nitrogens with zero attached hydrogens (tertiary/aromatic N) is 3. The lowest BCUT2D eigenvalue weighted by atomic mass is 9.71. The highest BCUT2D eigenvalue weighted by molar-refractivity contribution is 7.99. The molecule has 0 saturated carbocycles. The van der Waals surface area contributed by atoms with Gasteiger partial charge in [0.1, 0.15) is 18.4 Å². The van der Waals surface area contributed by atoms with Crippen LogP contribution in [0, 0.1) is 25.2 Å². The molecule has 2 aromatic rings. The SMILES string of the molecule is COCOc1c(OC)c(C)cc2c1[C@H]1C3[C@@H]4SC[C@H](OC(C)=O)C(=O)OC[C@@H](c5c6c(c(C)c(OC(C)=O)c54)OCO6)N3[C@@H](C#N)[C@@H](C2)N1C. The Balaban J connectivity index is 1.54. The average Bonchev–Trinajstić information content (AvgIpc) is 3.56. The number of cyclic esters (lactones) is 1. The number of nitriles is 1. The fourth-order valence-electron chi connectivity index (χ4n) is 8.47. The van der Waals surface area contributed by atoms with Gasteiger partial charge in [0.25, 0.3) is 0 Å². The van der Waals surface area contributed by atoms with Gasteiger partial charge in [-0.05, 0) is 38.4 Å². The van der Waals surface area contributed by atoms with Gasteiger partial charge in [0, 0.05) is 61.0 Å². The number of piperazine rings is 1. The maximum atomic E-state index is 13.5. The minimum atomic E-state index is -1.19. The van der Waals surface area contributed by atoms with Gasteiger partial charge in [-0.25, -0.2) is 4.79 Å². The number of hydrogen-bond acceptors (Lipinski definition) is 15. The lowest BCUT2D eigenvalue weighted by Crippen LogP contribution is -2.69. The molecule has 15 heteroatoms. The van der Waals surface area contributed by atoms with Crippen LogP contribution in [0.15, 0.2) is 6.07 Å². The van der Waals surface area contributed by atoms with Crippen LogP contribution in [0.1, 0.15) is 64.6 Å². The van der Waals surface area contributed by atoms with Gasteiger partial charge in [-0.15, -0.1) is 11.8 Å². The molecule has 1 unspecified atom stereocenters. The van der Waals surface area contributed by atoms with Crippen molar-refractivity contribution in [2.45, 2.75) is 75.7 Å². The van der Waals surface area contributed by atoms with E-state index in [2.05, 4.69) is 21.9 Å². The van der Waals surface area contributed by atoms with Crippen molar-refractivity contribution in [3.8, 4) is 34.8 Å². The number of hydrogen-bond donors (Lipinski definition) is 0. The Kier molecular flexibility index (Phi) is 9.00. The first-order chi connectivity index (χ1) is 24.0. The second kappa shape index (κ2) is 13.1. The van der Waals surface area contributed by atoms with Gasteiger partial charge in [-0.1, -0.05) is 6.07 Å². The van der Waals surface area contributed by atoms with Crippen LogP contribution < -0.4 is 23.7 Å². The average molecular weight is 710 g/mol. The Labute approximate surface area is 293 Å². The Hall–Kier alpha value is -4.23. The van der Waals surface area contributed by atoms with Crippen molar-refractivity contribution in [2.24, 2.45) is 0 Å². The molecule has 2 fully saturated rings. The molecule has 0 aromatic heterocycles. The van der Waals surface area contributed by atoms with Crippen LogP contribution >= 0.6 is 11.8 Å². The molecule has 0 amide bonds. The summed E-state index contributed by atoms with van der Waals surface area (Å²) in [5.74, 6) is 0.508. The third kappa shape index (κ3) is 5.23. The molecule has 0 spiro atoms. The van der Waals surface area contributed by atoms with Gasteiger partial charge in [0.2, 0.25) is 12.9 Å². The standard InChI is InChI=1S/C35H39N3O11S/c1-15-8-19-9-20-21(10-36)38-22-11-44-35(41)23(48-17(3)39)12-50-34(26-25(22)33-31(46-14-47-33)16(2)30(26)49-18(4)40)28(38)27(37(20)5)24(19)32(29(15)43-7)45-13-42-6/h8,20-23,27-28,34H,9,11-14H2,1-7H3/t20-,21+,22+,23+,27+,28?,34-/m1/s1. The molecule has 5 heterocycles. The van der Waals surface area contributed by atoms with Gasteiger partial charge in [0.05, 0.1) is 30.5 Å². The first kappa shape index (κ1) is 34.2. The van der Waals surface area contributed by atoms with E-state index in [4.69, 9.17) is 37.9 Å². The van der Waals surface area contributed by atoms with Crippen LogP contribution in [0.25, 0.3) is 0 Å². The van der Waals surface area contributed by atoms with E-state index in [1.807, 2.05) is 20.9 Å². The summed E-state index contributed by atoms with van der Waals surface area (Å²) in [5.41, 5.74) is 4.68. The second-order valence-electron chi connectivity index (χ2n) is 13.0. The normalized spacial score (nSPS) is 28.0. The zero-order valence-electron chi connectivity index (χ0n) is 28.9. The maximum Gasteiger partial charge on any atom is 0.348 e. The van der Waals surface area contributed by atoms with E-state index >= 15 is 0 Å². The molecular formula is C35H39N3O11S. The number of methoxy groups -OCH3 is 2. The van der Waals surface area contributed by atoms with Crippen molar-refractivity contribution in [1.29, 1.82) is 5.26 Å². The largest absolute Gasteiger partial charge is 0.493 e. The quantitative estimate of drug-likeness (QED) is 0.244. The number of benzene rings is 2. The van der Waals surface area contributed by atoms with Crippen molar-refractivity contribution in [3.63, 3.8) is 0 Å². The summed E-state index contributed by atoms with van der Waals surface area (Å²) in [7, 11) is 5.15. The number of thioether (sulfide) groups is 1. The number of rotatable bonds is 6. The van der Waals surface area contributed by atoms with Crippen LogP contribution in [-0.2, 0) is 35.0 Å². The number of esters is 3. The smallest absolute Gasteiger partial charge is 0.348 e. The summed E-state index contributed by atoms with van der Waals surface area (Å²) >= 11 is 1.37. The molecule has 5 aliphatic heterocycles. The highest BCUT2D eigenvalue weighted by Crippen LogP contribution is 2.64. The Morgan fingerprint density at radius 1 is 1.04 bits per heavy atom. The van der Waals surface area contributed by atoms with Gasteiger partial charge >= 0.3 is 17.9 Å². The molecule has 7 rings (SSSR count). The van der Waals surface area contributed by atoms with E-state index in [0.29, 0.717) is 51.9 Å². The first-order valence-electron chi connectivity index (χ1n) is 16.3. The summed E-state index contributed by atoms with van der Waals surface area (Å²) in [5, 5.41) is 10.4. The minimum Gasteiger partial charge on any atom is -0.493 e. The van der Waals surface area contributed by atoms with E-state index in [9.17, 15) is 19.6 Å². The zero-order chi connectivity index (χ0) is 35.6. The van der Waals surface area contributed by atoms with Crippen LogP contribution in [0.4, 0.5) is 0 Å². The van der Waals surface area contributed by atoms with Crippen LogP contribution in [0.2, 0.25) is 0 Å². The summed E-state index contributed by atoms with van der Waals surface area (Å²) in [6.07, 6.45) is -0.655. The zero-order valence-corrected chi connectivity index (χ0v) is 29.7. The minimum absolute atomic E-state index is 0.0236. The van der Waals surface area contributed by atoms with Crippen molar-refractivity contribution in [2.75, 3.05) is 47.2 Å². The molecule has 4 bridgehead atoms. The number of carbonyl (C=O) groups is 3. The number of likely N-dealkylation sites (N-methyl/N-ethyl adjacent to an activating group) is 1. The number of fused-ring (bicyclic) bond motifs is 9. The van der Waals surface area contributed by atoms with Gasteiger partial charge in [0.15, 0.2) is 29.8 Å². The van der Waals surface area contributed by atoms with E-state index < -0.39 is 53.4 Å². The fraction of sp³-hybridized carbons (Fsp3) is 0.543. The van der Waals surface area contributed by atoms with Crippen LogP contribution in [-0.4, -0.2) is 99.2 Å². The summed E-state index contributed by atoms with van der Waals surface area (Å²) < 4.78 is 47.1. The predicted octanol–water partition coefficient (Wildman–Crippen LogP) is 3.44. The molecule has 5 aliphatic rings. The molecule has 0 N–H and O–H groups in total. The predicted molar refractivity (Wildman–Crippen MR) is 176 cm³/mol. The molecule has 0 aliphatic carbocycles. The molecule has 7 atom stereocenters. The highest BCUT2D eigenvalue weighted by atomic mass is 32.2. The van der Waals surface area contributed by atoms with Crippen molar-refractivity contribution >= 4 is 29.7 Å². The van der Waals surface area contributed by atoms with E-state index in [0.717, 1.165) is 16.7 Å². The lowest BCUT2D eigenvalue weighted by Gasteiger charge is -2.61. The molecule has 0 radical (unpaired) electrons. The number of aryl methyl sites for hydroxylation is 1. The van der Waals surface area contributed by atoms with Crippen LogP contribution in [0.5, 0.6) is 28.7 Å². The molecule has 2 aromatic carbocycles. The Bertz CT molecular complexity index is 1810. The topological polar surface area (TPSA) is 155 Å². The number of ether oxygens (including phenoxy) is 8. The summed E-state index contributed by atoms with van der Waals surface area (Å²) in [4.78, 5) is 42.7. The van der Waals surface area contributed by atoms with E-state index in [1.165, 1.54) is 25.6 Å². The summed E-state index contributed by atoms with van der Waals surface area (Å²) in [6.45, 7) is 6.06. The monoisotopic (exact) mass is 709 g/mol. The Morgan fingerprint density at radius 2 is 1.80 bits per heavy atom. The van der Waals surface area contributed by atoms with Crippen molar-refractivity contribution in [3.05, 3.63) is 39.4 Å². The number of carbonyl (C=O) groups excluding carboxylic acids is 3. The van der Waals surface area contributed by atoms with Gasteiger partial charge in [-0.2, -0.15) is 5.26 Å². The molecule has 2 saturated heterocycles. The highest BCUT2D eigenvalue weighted by Gasteiger charge is 2.61. The molecule has 14 nitrogen and oxygen atoms in total. The molecular weight excluding hydrogens is 670 g/mol. The summed E-state index contributed by atoms with van der Waals surface area (Å²) in [6, 6.07) is 2.14. The first-order valence-corrected chi connectivity index (χ1v) is 17.4. The van der Waals surface area contributed by atoms with Crippen LogP contribution in [0.3, 0.4) is 0 Å². The Morgan fingerprint density at radius 3 is 2.48 bits per heavy atom. The van der Waals surface area contributed by atoms with Gasteiger partial charge < -0.3 is 37.9 Å². The van der Waals surface area contributed by atoms with Crippen molar-refractivity contribution < 1.29 is 52.3 Å². The van der Waals surface area contributed by atoms with Crippen molar-refractivity contribution in [1.82, 2.24) is 9.80 Å².